The number of nitrogens with zero attached hydrogens (tertiary/aromatic N) is 1. The van der Waals surface area contributed by atoms with Crippen LogP contribution in [0.5, 0.6) is 5.75 Å². The molecule has 3 heteroatoms. The highest BCUT2D eigenvalue weighted by atomic mass is 16.5. The molecule has 1 unspecified atom stereocenters. The average molecular weight is 276 g/mol. The molecule has 20 heavy (non-hydrogen) atoms. The standard InChI is InChI=1S/C17H28N2O/c1-2-3-12-19(15-16-8-7-11-18-16)13-14-20-17-9-5-4-6-10-17/h4-6,9-10,16,18H,2-3,7-8,11-15H2,1H3. The summed E-state index contributed by atoms with van der Waals surface area (Å²) in [6.07, 6.45) is 5.18. The lowest BCUT2D eigenvalue weighted by atomic mass is 10.2. The average Bonchev–Trinajstić information content (AvgIpc) is 2.98. The second kappa shape index (κ2) is 8.98. The molecule has 1 fully saturated rings. The van der Waals surface area contributed by atoms with Crippen LogP contribution in [0.3, 0.4) is 0 Å². The van der Waals surface area contributed by atoms with Gasteiger partial charge in [-0.25, -0.2) is 0 Å². The van der Waals surface area contributed by atoms with Gasteiger partial charge < -0.3 is 10.1 Å². The molecule has 0 spiro atoms. The summed E-state index contributed by atoms with van der Waals surface area (Å²) in [5.74, 6) is 0.974. The van der Waals surface area contributed by atoms with Crippen LogP contribution in [0.4, 0.5) is 0 Å². The molecule has 3 nitrogen and oxygen atoms in total. The van der Waals surface area contributed by atoms with Crippen LogP contribution in [0.1, 0.15) is 32.6 Å². The number of nitrogens with one attached hydrogen (secondary N) is 1. The van der Waals surface area contributed by atoms with E-state index < -0.39 is 0 Å². The summed E-state index contributed by atoms with van der Waals surface area (Å²) in [4.78, 5) is 2.55. The maximum absolute atomic E-state index is 5.82. The Morgan fingerprint density at radius 3 is 2.80 bits per heavy atom. The molecule has 2 rings (SSSR count). The summed E-state index contributed by atoms with van der Waals surface area (Å²) in [6.45, 7) is 7.60. The maximum atomic E-state index is 5.82. The molecule has 0 amide bonds. The first kappa shape index (κ1) is 15.3. The molecule has 0 saturated carbocycles. The third kappa shape index (κ3) is 5.51. The van der Waals surface area contributed by atoms with Gasteiger partial charge in [0.2, 0.25) is 0 Å². The largest absolute Gasteiger partial charge is 0.492 e. The Kier molecular flexibility index (Phi) is 6.89. The molecule has 1 saturated heterocycles. The van der Waals surface area contributed by atoms with Crippen molar-refractivity contribution in [1.82, 2.24) is 10.2 Å². The van der Waals surface area contributed by atoms with Gasteiger partial charge in [-0.1, -0.05) is 31.5 Å². The molecule has 1 aliphatic heterocycles. The summed E-state index contributed by atoms with van der Waals surface area (Å²) in [6, 6.07) is 10.8. The van der Waals surface area contributed by atoms with E-state index in [9.17, 15) is 0 Å². The van der Waals surface area contributed by atoms with Crippen molar-refractivity contribution in [2.24, 2.45) is 0 Å². The fourth-order valence-corrected chi connectivity index (χ4v) is 2.71. The molecular formula is C17H28N2O. The van der Waals surface area contributed by atoms with Crippen molar-refractivity contribution in [3.05, 3.63) is 30.3 Å². The number of benzene rings is 1. The van der Waals surface area contributed by atoms with Gasteiger partial charge in [-0.15, -0.1) is 0 Å². The van der Waals surface area contributed by atoms with Crippen LogP contribution in [0.2, 0.25) is 0 Å². The van der Waals surface area contributed by atoms with Crippen LogP contribution in [0.25, 0.3) is 0 Å². The predicted octanol–water partition coefficient (Wildman–Crippen LogP) is 2.92. The second-order valence-electron chi connectivity index (χ2n) is 5.61. The molecular weight excluding hydrogens is 248 g/mol. The van der Waals surface area contributed by atoms with E-state index in [1.54, 1.807) is 0 Å². The van der Waals surface area contributed by atoms with Crippen molar-refractivity contribution in [1.29, 1.82) is 0 Å². The Labute approximate surface area is 123 Å². The SMILES string of the molecule is CCCCN(CCOc1ccccc1)CC1CCCN1. The highest BCUT2D eigenvalue weighted by Gasteiger charge is 2.17. The van der Waals surface area contributed by atoms with E-state index in [2.05, 4.69) is 17.1 Å². The van der Waals surface area contributed by atoms with Crippen LogP contribution >= 0.6 is 0 Å². The first-order valence-corrected chi connectivity index (χ1v) is 8.02. The van der Waals surface area contributed by atoms with E-state index in [0.29, 0.717) is 6.04 Å². The van der Waals surface area contributed by atoms with E-state index in [1.807, 2.05) is 30.3 Å². The maximum Gasteiger partial charge on any atom is 0.119 e. The topological polar surface area (TPSA) is 24.5 Å². The molecule has 0 bridgehead atoms. The lowest BCUT2D eigenvalue weighted by molar-refractivity contribution is 0.194. The monoisotopic (exact) mass is 276 g/mol. The number of unbranched alkanes of at least 4 members (excludes halogenated alkanes) is 1. The molecule has 1 atom stereocenters. The molecule has 0 aromatic heterocycles. The van der Waals surface area contributed by atoms with Crippen molar-refractivity contribution < 1.29 is 4.74 Å². The number of para-hydroxylation sites is 1. The molecule has 1 heterocycles. The fourth-order valence-electron chi connectivity index (χ4n) is 2.71. The molecule has 1 N–H and O–H groups in total. The lowest BCUT2D eigenvalue weighted by Crippen LogP contribution is -2.40. The van der Waals surface area contributed by atoms with E-state index in [4.69, 9.17) is 4.74 Å². The normalized spacial score (nSPS) is 18.6. The van der Waals surface area contributed by atoms with Crippen LogP contribution < -0.4 is 10.1 Å². The Balaban J connectivity index is 1.71. The summed E-state index contributed by atoms with van der Waals surface area (Å²) >= 11 is 0. The summed E-state index contributed by atoms with van der Waals surface area (Å²) < 4.78 is 5.82. The number of ether oxygens (including phenoxy) is 1. The Morgan fingerprint density at radius 2 is 2.10 bits per heavy atom. The van der Waals surface area contributed by atoms with Crippen LogP contribution in [0, 0.1) is 0 Å². The Bertz CT molecular complexity index is 349. The minimum Gasteiger partial charge on any atom is -0.492 e. The van der Waals surface area contributed by atoms with Crippen molar-refractivity contribution in [3.63, 3.8) is 0 Å². The van der Waals surface area contributed by atoms with Crippen molar-refractivity contribution >= 4 is 0 Å². The minimum atomic E-state index is 0.684. The van der Waals surface area contributed by atoms with Crippen LogP contribution in [0.15, 0.2) is 30.3 Å². The predicted molar refractivity (Wildman–Crippen MR) is 84.3 cm³/mol. The Morgan fingerprint density at radius 1 is 1.25 bits per heavy atom. The van der Waals surface area contributed by atoms with Gasteiger partial charge in [0.1, 0.15) is 12.4 Å². The zero-order valence-electron chi connectivity index (χ0n) is 12.7. The van der Waals surface area contributed by atoms with E-state index >= 15 is 0 Å². The summed E-state index contributed by atoms with van der Waals surface area (Å²) in [5.41, 5.74) is 0. The van der Waals surface area contributed by atoms with Gasteiger partial charge in [-0.2, -0.15) is 0 Å². The fraction of sp³-hybridized carbons (Fsp3) is 0.647. The summed E-state index contributed by atoms with van der Waals surface area (Å²) in [5, 5.41) is 3.59. The third-order valence-electron chi connectivity index (χ3n) is 3.89. The molecule has 0 aliphatic carbocycles. The first-order valence-electron chi connectivity index (χ1n) is 8.02. The van der Waals surface area contributed by atoms with Gasteiger partial charge in [-0.3, -0.25) is 4.90 Å². The number of rotatable bonds is 9. The minimum absolute atomic E-state index is 0.684. The van der Waals surface area contributed by atoms with Crippen molar-refractivity contribution in [2.75, 3.05) is 32.8 Å². The Hall–Kier alpha value is -1.06. The first-order chi connectivity index (χ1) is 9.88. The smallest absolute Gasteiger partial charge is 0.119 e. The molecule has 1 aromatic carbocycles. The van der Waals surface area contributed by atoms with E-state index in [1.165, 1.54) is 38.8 Å². The van der Waals surface area contributed by atoms with E-state index in [0.717, 1.165) is 25.4 Å². The van der Waals surface area contributed by atoms with Gasteiger partial charge in [0, 0.05) is 19.1 Å². The second-order valence-corrected chi connectivity index (χ2v) is 5.61. The zero-order valence-corrected chi connectivity index (χ0v) is 12.7. The van der Waals surface area contributed by atoms with Gasteiger partial charge >= 0.3 is 0 Å². The highest BCUT2D eigenvalue weighted by molar-refractivity contribution is 5.20. The van der Waals surface area contributed by atoms with Crippen LogP contribution in [-0.4, -0.2) is 43.7 Å². The molecule has 0 radical (unpaired) electrons. The highest BCUT2D eigenvalue weighted by Crippen LogP contribution is 2.10. The molecule has 1 aliphatic rings. The zero-order chi connectivity index (χ0) is 14.0. The van der Waals surface area contributed by atoms with Crippen molar-refractivity contribution in [2.45, 2.75) is 38.6 Å². The third-order valence-corrected chi connectivity index (χ3v) is 3.89. The van der Waals surface area contributed by atoms with Gasteiger partial charge in [0.25, 0.3) is 0 Å². The molecule has 112 valence electrons. The number of hydrogen-bond donors (Lipinski definition) is 1. The van der Waals surface area contributed by atoms with Gasteiger partial charge in [0.05, 0.1) is 0 Å². The number of hydrogen-bond acceptors (Lipinski definition) is 3. The molecule has 1 aromatic rings. The van der Waals surface area contributed by atoms with Crippen LogP contribution in [-0.2, 0) is 0 Å². The summed E-state index contributed by atoms with van der Waals surface area (Å²) in [7, 11) is 0. The quantitative estimate of drug-likeness (QED) is 0.750. The van der Waals surface area contributed by atoms with Gasteiger partial charge in [0.15, 0.2) is 0 Å². The lowest BCUT2D eigenvalue weighted by Gasteiger charge is -2.25. The van der Waals surface area contributed by atoms with Gasteiger partial charge in [-0.05, 0) is 44.5 Å². The van der Waals surface area contributed by atoms with Crippen molar-refractivity contribution in [3.8, 4) is 5.75 Å². The van der Waals surface area contributed by atoms with E-state index in [-0.39, 0.29) is 0 Å².